The molecule has 0 aromatic heterocycles. The summed E-state index contributed by atoms with van der Waals surface area (Å²) in [5.41, 5.74) is 0.919. The molecule has 0 saturated heterocycles. The summed E-state index contributed by atoms with van der Waals surface area (Å²) in [6.45, 7) is 7.98. The topological polar surface area (TPSA) is 36.9 Å². The average Bonchev–Trinajstić information content (AvgIpc) is 2.56. The number of hydrogen-bond donors (Lipinski definition) is 1. The molecule has 0 heterocycles. The van der Waals surface area contributed by atoms with E-state index in [2.05, 4.69) is 21.8 Å². The van der Waals surface area contributed by atoms with Gasteiger partial charge < -0.3 is 15.0 Å². The second-order valence-corrected chi connectivity index (χ2v) is 5.32. The highest BCUT2D eigenvalue weighted by atomic mass is 19.1. The fourth-order valence-corrected chi connectivity index (χ4v) is 2.21. The maximum Gasteiger partial charge on any atom is 0.193 e. The molecular weight excluding hydrogens is 293 g/mol. The fourth-order valence-electron chi connectivity index (χ4n) is 2.21. The average molecular weight is 321 g/mol. The second kappa shape index (κ2) is 10.8. The minimum absolute atomic E-state index is 0.189. The molecule has 4 nitrogen and oxygen atoms in total. The molecule has 1 aromatic carbocycles. The molecular formula is C18H28FN3O. The summed E-state index contributed by atoms with van der Waals surface area (Å²) < 4.78 is 18.5. The summed E-state index contributed by atoms with van der Waals surface area (Å²) in [7, 11) is 3.66. The molecule has 5 heteroatoms. The number of guanidine groups is 1. The molecule has 1 aromatic rings. The van der Waals surface area contributed by atoms with E-state index in [-0.39, 0.29) is 11.9 Å². The molecule has 1 rings (SSSR count). The molecule has 0 amide bonds. The van der Waals surface area contributed by atoms with Crippen LogP contribution in [0.2, 0.25) is 0 Å². The van der Waals surface area contributed by atoms with Gasteiger partial charge in [-0.2, -0.15) is 0 Å². The Morgan fingerprint density at radius 2 is 2.13 bits per heavy atom. The van der Waals surface area contributed by atoms with Gasteiger partial charge in [0, 0.05) is 27.2 Å². The molecule has 1 N–H and O–H groups in total. The van der Waals surface area contributed by atoms with Crippen LogP contribution in [0.3, 0.4) is 0 Å². The highest BCUT2D eigenvalue weighted by Gasteiger charge is 2.12. The Hall–Kier alpha value is -1.88. The Bertz CT molecular complexity index is 488. The number of unbranched alkanes of at least 4 members (excludes halogenated alkanes) is 1. The fraction of sp³-hybridized carbons (Fsp3) is 0.500. The lowest BCUT2D eigenvalue weighted by molar-refractivity contribution is 0.110. The number of nitrogens with one attached hydrogen (secondary N) is 1. The number of hydrogen-bond acceptors (Lipinski definition) is 2. The van der Waals surface area contributed by atoms with Gasteiger partial charge in [-0.3, -0.25) is 4.99 Å². The second-order valence-electron chi connectivity index (χ2n) is 5.32. The first kappa shape index (κ1) is 19.2. The van der Waals surface area contributed by atoms with Gasteiger partial charge in [-0.25, -0.2) is 4.39 Å². The van der Waals surface area contributed by atoms with Crippen molar-refractivity contribution in [2.24, 2.45) is 4.99 Å². The number of nitrogens with zero attached hydrogens (tertiary/aromatic N) is 2. The Balaban J connectivity index is 2.72. The van der Waals surface area contributed by atoms with E-state index in [1.54, 1.807) is 19.2 Å². The van der Waals surface area contributed by atoms with Gasteiger partial charge in [0.2, 0.25) is 0 Å². The number of aliphatic imine (C=N–C) groups is 1. The molecule has 0 aliphatic rings. The molecule has 0 saturated carbocycles. The largest absolute Gasteiger partial charge is 0.375 e. The van der Waals surface area contributed by atoms with Crippen LogP contribution in [-0.4, -0.2) is 44.7 Å². The number of allylic oxidation sites excluding steroid dienone is 1. The van der Waals surface area contributed by atoms with E-state index in [0.717, 1.165) is 37.5 Å². The summed E-state index contributed by atoms with van der Waals surface area (Å²) in [5.74, 6) is 0.600. The van der Waals surface area contributed by atoms with Crippen molar-refractivity contribution >= 4 is 5.96 Å². The quantitative estimate of drug-likeness (QED) is 0.328. The zero-order valence-electron chi connectivity index (χ0n) is 14.4. The molecule has 1 unspecified atom stereocenters. The summed E-state index contributed by atoms with van der Waals surface area (Å²) >= 11 is 0. The van der Waals surface area contributed by atoms with Gasteiger partial charge in [0.05, 0.1) is 6.54 Å². The maximum absolute atomic E-state index is 13.0. The first-order valence-electron chi connectivity index (χ1n) is 8.01. The minimum Gasteiger partial charge on any atom is -0.375 e. The predicted octanol–water partition coefficient (Wildman–Crippen LogP) is 3.38. The highest BCUT2D eigenvalue weighted by molar-refractivity contribution is 5.79. The molecule has 23 heavy (non-hydrogen) atoms. The van der Waals surface area contributed by atoms with Gasteiger partial charge in [0.15, 0.2) is 5.96 Å². The number of rotatable bonds is 9. The molecule has 1 atom stereocenters. The lowest BCUT2D eigenvalue weighted by Crippen LogP contribution is -2.39. The van der Waals surface area contributed by atoms with Crippen molar-refractivity contribution < 1.29 is 9.13 Å². The lowest BCUT2D eigenvalue weighted by Gasteiger charge is -2.23. The number of ether oxygens (including phenoxy) is 1. The first-order chi connectivity index (χ1) is 11.1. The Morgan fingerprint density at radius 3 is 2.70 bits per heavy atom. The first-order valence-corrected chi connectivity index (χ1v) is 8.01. The third-order valence-corrected chi connectivity index (χ3v) is 3.53. The van der Waals surface area contributed by atoms with Crippen LogP contribution >= 0.6 is 0 Å². The number of halogens is 1. The van der Waals surface area contributed by atoms with Crippen molar-refractivity contribution in [3.8, 4) is 0 Å². The summed E-state index contributed by atoms with van der Waals surface area (Å²) in [5, 5.41) is 3.28. The van der Waals surface area contributed by atoms with Crippen LogP contribution in [-0.2, 0) is 4.74 Å². The van der Waals surface area contributed by atoms with Gasteiger partial charge in [-0.1, -0.05) is 18.2 Å². The number of benzene rings is 1. The molecule has 0 spiro atoms. The Kier molecular flexibility index (Phi) is 8.98. The minimum atomic E-state index is -0.248. The molecule has 128 valence electrons. The van der Waals surface area contributed by atoms with Crippen LogP contribution in [0.5, 0.6) is 0 Å². The van der Waals surface area contributed by atoms with Gasteiger partial charge in [-0.15, -0.1) is 6.58 Å². The van der Waals surface area contributed by atoms with Crippen LogP contribution in [0.25, 0.3) is 0 Å². The third-order valence-electron chi connectivity index (χ3n) is 3.53. The van der Waals surface area contributed by atoms with Crippen LogP contribution in [0, 0.1) is 5.82 Å². The van der Waals surface area contributed by atoms with Crippen molar-refractivity contribution in [1.82, 2.24) is 10.2 Å². The molecule has 0 bridgehead atoms. The molecule has 0 fully saturated rings. The zero-order valence-corrected chi connectivity index (χ0v) is 14.4. The van der Waals surface area contributed by atoms with E-state index in [9.17, 15) is 4.39 Å². The van der Waals surface area contributed by atoms with E-state index in [1.165, 1.54) is 12.1 Å². The van der Waals surface area contributed by atoms with Crippen molar-refractivity contribution in [1.29, 1.82) is 0 Å². The zero-order chi connectivity index (χ0) is 17.1. The van der Waals surface area contributed by atoms with E-state index in [1.807, 2.05) is 20.0 Å². The smallest absolute Gasteiger partial charge is 0.193 e. The monoisotopic (exact) mass is 321 g/mol. The van der Waals surface area contributed by atoms with Crippen molar-refractivity contribution in [3.63, 3.8) is 0 Å². The Labute approximate surface area is 139 Å². The van der Waals surface area contributed by atoms with Crippen molar-refractivity contribution in [3.05, 3.63) is 48.3 Å². The molecule has 0 aliphatic carbocycles. The lowest BCUT2D eigenvalue weighted by atomic mass is 10.1. The van der Waals surface area contributed by atoms with Crippen LogP contribution in [0.4, 0.5) is 4.39 Å². The Morgan fingerprint density at radius 1 is 1.43 bits per heavy atom. The summed E-state index contributed by atoms with van der Waals surface area (Å²) in [4.78, 5) is 6.75. The van der Waals surface area contributed by atoms with Gasteiger partial charge in [0.1, 0.15) is 11.9 Å². The van der Waals surface area contributed by atoms with Crippen molar-refractivity contribution in [2.75, 3.05) is 33.8 Å². The van der Waals surface area contributed by atoms with Crippen LogP contribution in [0.1, 0.15) is 31.4 Å². The summed E-state index contributed by atoms with van der Waals surface area (Å²) in [6, 6.07) is 6.36. The highest BCUT2D eigenvalue weighted by Crippen LogP contribution is 2.17. The molecule has 0 aliphatic heterocycles. The van der Waals surface area contributed by atoms with E-state index < -0.39 is 0 Å². The van der Waals surface area contributed by atoms with E-state index in [4.69, 9.17) is 4.74 Å². The van der Waals surface area contributed by atoms with E-state index in [0.29, 0.717) is 6.54 Å². The van der Waals surface area contributed by atoms with Crippen LogP contribution < -0.4 is 5.32 Å². The maximum atomic E-state index is 13.0. The normalized spacial score (nSPS) is 12.8. The number of methoxy groups -OCH3 is 1. The van der Waals surface area contributed by atoms with Gasteiger partial charge >= 0.3 is 0 Å². The predicted molar refractivity (Wildman–Crippen MR) is 94.2 cm³/mol. The van der Waals surface area contributed by atoms with Crippen LogP contribution in [0.15, 0.2) is 41.9 Å². The molecule has 0 radical (unpaired) electrons. The summed E-state index contributed by atoms with van der Waals surface area (Å²) in [6.07, 6.45) is 3.76. The standard InChI is InChI=1S/C18H28FN3O/c1-5-7-8-13-22(3)18(20-6-2)21-14-17(23-4)15-9-11-16(19)12-10-15/h5,9-12,17H,1,6-8,13-14H2,2-4H3,(H,20,21). The third kappa shape index (κ3) is 6.82. The van der Waals surface area contributed by atoms with Gasteiger partial charge in [0.25, 0.3) is 0 Å². The SMILES string of the molecule is C=CCCCN(C)C(=NCC(OC)c1ccc(F)cc1)NCC. The van der Waals surface area contributed by atoms with E-state index >= 15 is 0 Å². The van der Waals surface area contributed by atoms with Gasteiger partial charge in [-0.05, 0) is 37.5 Å². The van der Waals surface area contributed by atoms with Crippen molar-refractivity contribution in [2.45, 2.75) is 25.9 Å².